The molecule has 1 unspecified atom stereocenters. The Morgan fingerprint density at radius 3 is 2.40 bits per heavy atom. The lowest BCUT2D eigenvalue weighted by Gasteiger charge is -2.28. The molecule has 0 aliphatic heterocycles. The van der Waals surface area contributed by atoms with E-state index >= 15 is 0 Å². The molecule has 1 atom stereocenters. The molecule has 1 aliphatic carbocycles. The molecular formula is C19H31N. The first-order valence-corrected chi connectivity index (χ1v) is 8.47. The number of nitrogens with one attached hydrogen (secondary N) is 1. The molecule has 1 nitrogen and oxygen atoms in total. The van der Waals surface area contributed by atoms with Gasteiger partial charge in [-0.25, -0.2) is 0 Å². The fourth-order valence-electron chi connectivity index (χ4n) is 3.53. The van der Waals surface area contributed by atoms with Crippen LogP contribution in [-0.2, 0) is 0 Å². The molecular weight excluding hydrogens is 242 g/mol. The highest BCUT2D eigenvalue weighted by atomic mass is 14.9. The predicted octanol–water partition coefficient (Wildman–Crippen LogP) is 5.05. The van der Waals surface area contributed by atoms with Gasteiger partial charge in [0.1, 0.15) is 0 Å². The van der Waals surface area contributed by atoms with Gasteiger partial charge in [-0.05, 0) is 37.2 Å². The van der Waals surface area contributed by atoms with Gasteiger partial charge in [0.2, 0.25) is 0 Å². The lowest BCUT2D eigenvalue weighted by molar-refractivity contribution is 0.353. The second-order valence-corrected chi connectivity index (χ2v) is 6.84. The highest BCUT2D eigenvalue weighted by molar-refractivity contribution is 5.26. The highest BCUT2D eigenvalue weighted by Crippen LogP contribution is 2.35. The summed E-state index contributed by atoms with van der Waals surface area (Å²) >= 11 is 0. The first kappa shape index (κ1) is 15.6. The third kappa shape index (κ3) is 4.63. The van der Waals surface area contributed by atoms with Crippen molar-refractivity contribution in [2.24, 2.45) is 5.92 Å². The number of hydrogen-bond donors (Lipinski definition) is 1. The molecule has 1 fully saturated rings. The molecule has 0 radical (unpaired) electrons. The predicted molar refractivity (Wildman–Crippen MR) is 88.3 cm³/mol. The van der Waals surface area contributed by atoms with Crippen LogP contribution >= 0.6 is 0 Å². The molecule has 1 aromatic carbocycles. The molecule has 0 aromatic heterocycles. The van der Waals surface area contributed by atoms with Crippen molar-refractivity contribution in [1.82, 2.24) is 5.32 Å². The zero-order chi connectivity index (χ0) is 14.4. The van der Waals surface area contributed by atoms with E-state index in [0.29, 0.717) is 12.0 Å². The molecule has 20 heavy (non-hydrogen) atoms. The minimum atomic E-state index is 0.577. The van der Waals surface area contributed by atoms with Gasteiger partial charge < -0.3 is 5.32 Å². The van der Waals surface area contributed by atoms with Crippen LogP contribution in [0.1, 0.15) is 69.4 Å². The van der Waals surface area contributed by atoms with Gasteiger partial charge in [-0.15, -0.1) is 0 Å². The second kappa shape index (κ2) is 7.83. The maximum atomic E-state index is 3.68. The van der Waals surface area contributed by atoms with Crippen LogP contribution in [0.25, 0.3) is 0 Å². The summed E-state index contributed by atoms with van der Waals surface area (Å²) in [4.78, 5) is 0. The van der Waals surface area contributed by atoms with Crippen molar-refractivity contribution >= 4 is 0 Å². The van der Waals surface area contributed by atoms with Crippen molar-refractivity contribution in [3.8, 4) is 0 Å². The summed E-state index contributed by atoms with van der Waals surface area (Å²) in [6, 6.07) is 9.75. The van der Waals surface area contributed by atoms with Crippen LogP contribution < -0.4 is 5.32 Å². The molecule has 0 spiro atoms. The number of rotatable bonds is 5. The van der Waals surface area contributed by atoms with Crippen molar-refractivity contribution < 1.29 is 0 Å². The fourth-order valence-corrected chi connectivity index (χ4v) is 3.53. The molecule has 0 bridgehead atoms. The van der Waals surface area contributed by atoms with E-state index in [0.717, 1.165) is 12.5 Å². The first-order valence-electron chi connectivity index (χ1n) is 8.47. The lowest BCUT2D eigenvalue weighted by Crippen LogP contribution is -2.31. The van der Waals surface area contributed by atoms with Gasteiger partial charge in [0.05, 0.1) is 0 Å². The van der Waals surface area contributed by atoms with Crippen LogP contribution in [-0.4, -0.2) is 12.6 Å². The SMILES string of the molecule is Cc1cccc(C(CNC(C)C)C2CCCCCC2)c1. The summed E-state index contributed by atoms with van der Waals surface area (Å²) in [5.41, 5.74) is 2.94. The van der Waals surface area contributed by atoms with Crippen LogP contribution in [0.3, 0.4) is 0 Å². The van der Waals surface area contributed by atoms with E-state index in [1.165, 1.54) is 44.1 Å². The minimum Gasteiger partial charge on any atom is -0.314 e. The van der Waals surface area contributed by atoms with Gasteiger partial charge in [0.15, 0.2) is 0 Å². The quantitative estimate of drug-likeness (QED) is 0.740. The number of hydrogen-bond acceptors (Lipinski definition) is 1. The Kier molecular flexibility index (Phi) is 6.09. The second-order valence-electron chi connectivity index (χ2n) is 6.84. The van der Waals surface area contributed by atoms with Gasteiger partial charge in [0, 0.05) is 12.6 Å². The largest absolute Gasteiger partial charge is 0.314 e. The van der Waals surface area contributed by atoms with Gasteiger partial charge in [-0.1, -0.05) is 69.4 Å². The molecule has 0 amide bonds. The molecule has 0 saturated heterocycles. The topological polar surface area (TPSA) is 12.0 Å². The van der Waals surface area contributed by atoms with E-state index in [9.17, 15) is 0 Å². The van der Waals surface area contributed by atoms with Crippen molar-refractivity contribution in [2.75, 3.05) is 6.54 Å². The third-order valence-corrected chi connectivity index (χ3v) is 4.69. The minimum absolute atomic E-state index is 0.577. The average Bonchev–Trinajstić information content (AvgIpc) is 2.68. The number of aryl methyl sites for hydroxylation is 1. The molecule has 1 aromatic rings. The maximum Gasteiger partial charge on any atom is 0.00251 e. The molecule has 1 saturated carbocycles. The van der Waals surface area contributed by atoms with Gasteiger partial charge in [-0.2, -0.15) is 0 Å². The Bertz CT molecular complexity index is 389. The molecule has 2 rings (SSSR count). The number of benzene rings is 1. The monoisotopic (exact) mass is 273 g/mol. The summed E-state index contributed by atoms with van der Waals surface area (Å²) in [6.07, 6.45) is 8.56. The smallest absolute Gasteiger partial charge is 0.00251 e. The van der Waals surface area contributed by atoms with Gasteiger partial charge in [0.25, 0.3) is 0 Å². The van der Waals surface area contributed by atoms with E-state index in [4.69, 9.17) is 0 Å². The Hall–Kier alpha value is -0.820. The Morgan fingerprint density at radius 1 is 1.10 bits per heavy atom. The zero-order valence-corrected chi connectivity index (χ0v) is 13.5. The Balaban J connectivity index is 2.14. The van der Waals surface area contributed by atoms with Crippen molar-refractivity contribution in [3.05, 3.63) is 35.4 Å². The summed E-state index contributed by atoms with van der Waals surface area (Å²) < 4.78 is 0. The summed E-state index contributed by atoms with van der Waals surface area (Å²) in [5, 5.41) is 3.68. The normalized spacial score (nSPS) is 19.0. The molecule has 1 aliphatic rings. The van der Waals surface area contributed by atoms with Crippen molar-refractivity contribution in [2.45, 2.75) is 71.3 Å². The van der Waals surface area contributed by atoms with Crippen LogP contribution in [0.15, 0.2) is 24.3 Å². The average molecular weight is 273 g/mol. The van der Waals surface area contributed by atoms with E-state index in [1.54, 1.807) is 5.56 Å². The standard InChI is InChI=1S/C19H31N/c1-15(2)20-14-19(17-10-6-4-5-7-11-17)18-12-8-9-16(3)13-18/h8-9,12-13,15,17,19-20H,4-7,10-11,14H2,1-3H3. The van der Waals surface area contributed by atoms with Crippen LogP contribution in [0.2, 0.25) is 0 Å². The molecule has 1 heteroatoms. The summed E-state index contributed by atoms with van der Waals surface area (Å²) in [5.74, 6) is 1.56. The van der Waals surface area contributed by atoms with Crippen LogP contribution in [0, 0.1) is 12.8 Å². The van der Waals surface area contributed by atoms with E-state index < -0.39 is 0 Å². The van der Waals surface area contributed by atoms with E-state index in [1.807, 2.05) is 0 Å². The molecule has 0 heterocycles. The maximum absolute atomic E-state index is 3.68. The van der Waals surface area contributed by atoms with Crippen molar-refractivity contribution in [3.63, 3.8) is 0 Å². The van der Waals surface area contributed by atoms with Crippen LogP contribution in [0.4, 0.5) is 0 Å². The Morgan fingerprint density at radius 2 is 1.80 bits per heavy atom. The first-order chi connectivity index (χ1) is 9.66. The molecule has 112 valence electrons. The van der Waals surface area contributed by atoms with Crippen LogP contribution in [0.5, 0.6) is 0 Å². The molecule has 1 N–H and O–H groups in total. The van der Waals surface area contributed by atoms with Gasteiger partial charge in [-0.3, -0.25) is 0 Å². The van der Waals surface area contributed by atoms with Crippen molar-refractivity contribution in [1.29, 1.82) is 0 Å². The zero-order valence-electron chi connectivity index (χ0n) is 13.5. The van der Waals surface area contributed by atoms with Gasteiger partial charge >= 0.3 is 0 Å². The summed E-state index contributed by atoms with van der Waals surface area (Å²) in [7, 11) is 0. The van der Waals surface area contributed by atoms with E-state index in [2.05, 4.69) is 50.4 Å². The Labute approximate surface area is 125 Å². The van der Waals surface area contributed by atoms with E-state index in [-0.39, 0.29) is 0 Å². The lowest BCUT2D eigenvalue weighted by atomic mass is 9.81. The summed E-state index contributed by atoms with van der Waals surface area (Å²) in [6.45, 7) is 7.84. The fraction of sp³-hybridized carbons (Fsp3) is 0.684. The highest BCUT2D eigenvalue weighted by Gasteiger charge is 2.24. The third-order valence-electron chi connectivity index (χ3n) is 4.69.